The number of amides is 1. The monoisotopic (exact) mass is 143 g/mol. The summed E-state index contributed by atoms with van der Waals surface area (Å²) in [6.07, 6.45) is 0.968. The van der Waals surface area contributed by atoms with Crippen LogP contribution in [0, 0.1) is 0 Å². The van der Waals surface area contributed by atoms with Crippen LogP contribution in [0.5, 0.6) is 0 Å². The Kier molecular flexibility index (Phi) is 2.24. The molecule has 58 valence electrons. The SMILES string of the molecule is CC(=O)NC1CCN(N)C1. The Labute approximate surface area is 60.3 Å². The summed E-state index contributed by atoms with van der Waals surface area (Å²) in [4.78, 5) is 10.5. The van der Waals surface area contributed by atoms with Crippen molar-refractivity contribution in [3.63, 3.8) is 0 Å². The molecule has 1 unspecified atom stereocenters. The first-order valence-electron chi connectivity index (χ1n) is 3.45. The van der Waals surface area contributed by atoms with Gasteiger partial charge in [0.15, 0.2) is 0 Å². The van der Waals surface area contributed by atoms with Crippen LogP contribution < -0.4 is 11.2 Å². The summed E-state index contributed by atoms with van der Waals surface area (Å²) in [6.45, 7) is 3.18. The molecular formula is C6H13N3O. The molecule has 0 aliphatic carbocycles. The minimum absolute atomic E-state index is 0.0281. The van der Waals surface area contributed by atoms with E-state index in [2.05, 4.69) is 5.32 Å². The molecule has 0 saturated carbocycles. The van der Waals surface area contributed by atoms with Gasteiger partial charge < -0.3 is 5.32 Å². The van der Waals surface area contributed by atoms with Crippen molar-refractivity contribution < 1.29 is 4.79 Å². The molecule has 3 N–H and O–H groups in total. The minimum Gasteiger partial charge on any atom is -0.352 e. The van der Waals surface area contributed by atoms with Crippen LogP contribution in [-0.4, -0.2) is 30.0 Å². The number of hydrazine groups is 1. The van der Waals surface area contributed by atoms with E-state index < -0.39 is 0 Å². The molecular weight excluding hydrogens is 130 g/mol. The molecule has 0 aromatic heterocycles. The molecule has 1 fully saturated rings. The van der Waals surface area contributed by atoms with E-state index in [1.807, 2.05) is 0 Å². The molecule has 1 rings (SSSR count). The van der Waals surface area contributed by atoms with Crippen molar-refractivity contribution in [2.75, 3.05) is 13.1 Å². The third kappa shape index (κ3) is 1.97. The standard InChI is InChI=1S/C6H13N3O/c1-5(10)8-6-2-3-9(7)4-6/h6H,2-4,7H2,1H3,(H,8,10). The number of carbonyl (C=O) groups is 1. The van der Waals surface area contributed by atoms with Gasteiger partial charge in [-0.3, -0.25) is 10.6 Å². The number of nitrogens with zero attached hydrogens (tertiary/aromatic N) is 1. The highest BCUT2D eigenvalue weighted by molar-refractivity contribution is 5.73. The van der Waals surface area contributed by atoms with Crippen molar-refractivity contribution in [1.29, 1.82) is 0 Å². The Morgan fingerprint density at radius 2 is 2.50 bits per heavy atom. The topological polar surface area (TPSA) is 58.4 Å². The normalized spacial score (nSPS) is 26.8. The first-order valence-corrected chi connectivity index (χ1v) is 3.45. The Balaban J connectivity index is 2.24. The van der Waals surface area contributed by atoms with Crippen LogP contribution >= 0.6 is 0 Å². The van der Waals surface area contributed by atoms with Gasteiger partial charge in [0.1, 0.15) is 0 Å². The zero-order valence-electron chi connectivity index (χ0n) is 6.13. The average Bonchev–Trinajstić information content (AvgIpc) is 2.13. The van der Waals surface area contributed by atoms with Crippen LogP contribution in [0.1, 0.15) is 13.3 Å². The van der Waals surface area contributed by atoms with Crippen LogP contribution in [0.15, 0.2) is 0 Å². The fourth-order valence-corrected chi connectivity index (χ4v) is 1.19. The summed E-state index contributed by atoms with van der Waals surface area (Å²) >= 11 is 0. The van der Waals surface area contributed by atoms with Crippen molar-refractivity contribution in [3.8, 4) is 0 Å². The van der Waals surface area contributed by atoms with Crippen LogP contribution in [0.25, 0.3) is 0 Å². The second-order valence-corrected chi connectivity index (χ2v) is 2.68. The average molecular weight is 143 g/mol. The van der Waals surface area contributed by atoms with Crippen LogP contribution in [0.3, 0.4) is 0 Å². The molecule has 0 radical (unpaired) electrons. The molecule has 4 heteroatoms. The van der Waals surface area contributed by atoms with E-state index in [-0.39, 0.29) is 11.9 Å². The smallest absolute Gasteiger partial charge is 0.217 e. The molecule has 1 amide bonds. The predicted molar refractivity (Wildman–Crippen MR) is 38.0 cm³/mol. The summed E-state index contributed by atoms with van der Waals surface area (Å²) in [6, 6.07) is 0.266. The van der Waals surface area contributed by atoms with E-state index in [0.29, 0.717) is 0 Å². The molecule has 0 aromatic rings. The van der Waals surface area contributed by atoms with Gasteiger partial charge in [-0.25, -0.2) is 5.01 Å². The highest BCUT2D eigenvalue weighted by Gasteiger charge is 2.19. The fourth-order valence-electron chi connectivity index (χ4n) is 1.19. The lowest BCUT2D eigenvalue weighted by Gasteiger charge is -2.09. The van der Waals surface area contributed by atoms with Crippen molar-refractivity contribution in [2.24, 2.45) is 5.84 Å². The lowest BCUT2D eigenvalue weighted by Crippen LogP contribution is -2.37. The van der Waals surface area contributed by atoms with Crippen LogP contribution in [0.4, 0.5) is 0 Å². The lowest BCUT2D eigenvalue weighted by molar-refractivity contribution is -0.119. The van der Waals surface area contributed by atoms with Crippen molar-refractivity contribution in [3.05, 3.63) is 0 Å². The Hall–Kier alpha value is -0.610. The highest BCUT2D eigenvalue weighted by atomic mass is 16.1. The minimum atomic E-state index is 0.0281. The molecule has 0 aromatic carbocycles. The number of rotatable bonds is 1. The zero-order chi connectivity index (χ0) is 7.56. The van der Waals surface area contributed by atoms with E-state index in [9.17, 15) is 4.79 Å². The van der Waals surface area contributed by atoms with E-state index in [1.54, 1.807) is 5.01 Å². The van der Waals surface area contributed by atoms with Crippen LogP contribution in [-0.2, 0) is 4.79 Å². The summed E-state index contributed by atoms with van der Waals surface area (Å²) in [5.74, 6) is 5.51. The second-order valence-electron chi connectivity index (χ2n) is 2.68. The number of hydrogen-bond acceptors (Lipinski definition) is 3. The van der Waals surface area contributed by atoms with Gasteiger partial charge in [-0.2, -0.15) is 0 Å². The predicted octanol–water partition coefficient (Wildman–Crippen LogP) is -0.929. The summed E-state index contributed by atoms with van der Waals surface area (Å²) in [5, 5.41) is 4.53. The quantitative estimate of drug-likeness (QED) is 0.466. The first kappa shape index (κ1) is 7.50. The van der Waals surface area contributed by atoms with E-state index in [0.717, 1.165) is 19.5 Å². The molecule has 0 bridgehead atoms. The van der Waals surface area contributed by atoms with Gasteiger partial charge in [-0.1, -0.05) is 0 Å². The lowest BCUT2D eigenvalue weighted by atomic mass is 10.3. The first-order chi connectivity index (χ1) is 4.68. The Morgan fingerprint density at radius 1 is 1.80 bits per heavy atom. The van der Waals surface area contributed by atoms with Gasteiger partial charge in [0.25, 0.3) is 0 Å². The highest BCUT2D eigenvalue weighted by Crippen LogP contribution is 2.03. The summed E-state index contributed by atoms with van der Waals surface area (Å²) in [5.41, 5.74) is 0. The third-order valence-electron chi connectivity index (χ3n) is 1.63. The second kappa shape index (κ2) is 2.98. The molecule has 1 saturated heterocycles. The number of nitrogens with one attached hydrogen (secondary N) is 1. The maximum atomic E-state index is 10.5. The molecule has 4 nitrogen and oxygen atoms in total. The van der Waals surface area contributed by atoms with Crippen molar-refractivity contribution >= 4 is 5.91 Å². The van der Waals surface area contributed by atoms with Crippen LogP contribution in [0.2, 0.25) is 0 Å². The fraction of sp³-hybridized carbons (Fsp3) is 0.833. The van der Waals surface area contributed by atoms with E-state index in [1.165, 1.54) is 6.92 Å². The number of hydrogen-bond donors (Lipinski definition) is 2. The van der Waals surface area contributed by atoms with E-state index in [4.69, 9.17) is 5.84 Å². The number of carbonyl (C=O) groups excluding carboxylic acids is 1. The van der Waals surface area contributed by atoms with Gasteiger partial charge >= 0.3 is 0 Å². The molecule has 1 aliphatic rings. The molecule has 1 heterocycles. The third-order valence-corrected chi connectivity index (χ3v) is 1.63. The zero-order valence-corrected chi connectivity index (χ0v) is 6.13. The summed E-state index contributed by atoms with van der Waals surface area (Å²) < 4.78 is 0. The maximum absolute atomic E-state index is 10.5. The van der Waals surface area contributed by atoms with Gasteiger partial charge in [-0.15, -0.1) is 0 Å². The molecule has 1 atom stereocenters. The van der Waals surface area contributed by atoms with Crippen molar-refractivity contribution in [1.82, 2.24) is 10.3 Å². The Bertz CT molecular complexity index is 137. The number of nitrogens with two attached hydrogens (primary N) is 1. The van der Waals surface area contributed by atoms with Gasteiger partial charge in [-0.05, 0) is 6.42 Å². The summed E-state index contributed by atoms with van der Waals surface area (Å²) in [7, 11) is 0. The van der Waals surface area contributed by atoms with Gasteiger partial charge in [0.2, 0.25) is 5.91 Å². The van der Waals surface area contributed by atoms with Crippen molar-refractivity contribution in [2.45, 2.75) is 19.4 Å². The molecule has 10 heavy (non-hydrogen) atoms. The Morgan fingerprint density at radius 3 is 2.90 bits per heavy atom. The van der Waals surface area contributed by atoms with Gasteiger partial charge in [0.05, 0.1) is 0 Å². The maximum Gasteiger partial charge on any atom is 0.217 e. The van der Waals surface area contributed by atoms with Gasteiger partial charge in [0, 0.05) is 26.1 Å². The molecule has 1 aliphatic heterocycles. The van der Waals surface area contributed by atoms with E-state index >= 15 is 0 Å². The largest absolute Gasteiger partial charge is 0.352 e. The molecule has 0 spiro atoms.